The lowest BCUT2D eigenvalue weighted by atomic mass is 10.0. The zero-order valence-electron chi connectivity index (χ0n) is 22.8. The molecule has 0 saturated carbocycles. The number of benzene rings is 2. The van der Waals surface area contributed by atoms with E-state index >= 15 is 0 Å². The maximum Gasteiger partial charge on any atom is 0.224 e. The molecule has 0 bridgehead atoms. The summed E-state index contributed by atoms with van der Waals surface area (Å²) in [5, 5.41) is 46.1. The van der Waals surface area contributed by atoms with Gasteiger partial charge in [-0.15, -0.1) is 0 Å². The molecule has 2 unspecified atom stereocenters. The summed E-state index contributed by atoms with van der Waals surface area (Å²) in [5.41, 5.74) is 2.29. The molecule has 220 valence electrons. The molecule has 2 aromatic heterocycles. The Morgan fingerprint density at radius 3 is 1.24 bits per heavy atom. The minimum absolute atomic E-state index is 0.0946. The van der Waals surface area contributed by atoms with Gasteiger partial charge in [-0.25, -0.2) is 0 Å². The van der Waals surface area contributed by atoms with Gasteiger partial charge in [0.15, 0.2) is 12.4 Å². The van der Waals surface area contributed by atoms with Crippen molar-refractivity contribution in [2.45, 2.75) is 12.2 Å². The largest absolute Gasteiger partial charge is 0.618 e. The molecule has 41 heavy (non-hydrogen) atoms. The standard InChI is InChI=1S/C30H36N2O9/c33-29(25-9-11-31(35)27-7-3-1-5-23(25)27)21-40-19-17-38-15-13-37-14-16-39-18-20-41-22-30(34)26-10-12-32(36)28-8-4-2-6-24(26)28/h1-12,29-30,33-34H,13-22H2. The molecular weight excluding hydrogens is 532 g/mol. The van der Waals surface area contributed by atoms with E-state index in [-0.39, 0.29) is 13.2 Å². The van der Waals surface area contributed by atoms with Crippen LogP contribution in [-0.4, -0.2) is 76.3 Å². The van der Waals surface area contributed by atoms with Crippen LogP contribution in [0.25, 0.3) is 21.8 Å². The van der Waals surface area contributed by atoms with E-state index in [0.29, 0.717) is 85.8 Å². The summed E-state index contributed by atoms with van der Waals surface area (Å²) in [6.07, 6.45) is 1.07. The molecule has 4 aromatic rings. The van der Waals surface area contributed by atoms with Gasteiger partial charge in [-0.05, 0) is 12.1 Å². The maximum atomic E-state index is 11.9. The lowest BCUT2D eigenvalue weighted by molar-refractivity contribution is -0.577. The fraction of sp³-hybridized carbons (Fsp3) is 0.400. The minimum Gasteiger partial charge on any atom is -0.618 e. The number of nitrogens with zero attached hydrogens (tertiary/aromatic N) is 2. The predicted molar refractivity (Wildman–Crippen MR) is 150 cm³/mol. The molecule has 2 N–H and O–H groups in total. The number of rotatable bonds is 18. The number of fused-ring (bicyclic) bond motifs is 2. The van der Waals surface area contributed by atoms with Crippen LogP contribution in [0.5, 0.6) is 0 Å². The monoisotopic (exact) mass is 568 g/mol. The van der Waals surface area contributed by atoms with Crippen molar-refractivity contribution in [1.29, 1.82) is 0 Å². The van der Waals surface area contributed by atoms with Crippen LogP contribution < -0.4 is 9.46 Å². The SMILES string of the molecule is [O-][n+]1ccc(C(O)COCCOCCOCCOCCOCC(O)c2cc[n+]([O-])c3ccccc23)c2ccccc21. The highest BCUT2D eigenvalue weighted by atomic mass is 16.6. The Labute approximate surface area is 238 Å². The molecule has 11 nitrogen and oxygen atoms in total. The van der Waals surface area contributed by atoms with Crippen LogP contribution >= 0.6 is 0 Å². The van der Waals surface area contributed by atoms with Crippen molar-refractivity contribution in [1.82, 2.24) is 0 Å². The van der Waals surface area contributed by atoms with Crippen LogP contribution in [0.15, 0.2) is 73.1 Å². The summed E-state index contributed by atoms with van der Waals surface area (Å²) in [6.45, 7) is 3.18. The van der Waals surface area contributed by atoms with Crippen molar-refractivity contribution in [3.8, 4) is 0 Å². The molecule has 2 atom stereocenters. The van der Waals surface area contributed by atoms with Gasteiger partial charge in [0, 0.05) is 35.4 Å². The second-order valence-electron chi connectivity index (χ2n) is 9.25. The Morgan fingerprint density at radius 1 is 0.512 bits per heavy atom. The normalized spacial score (nSPS) is 13.1. The Balaban J connectivity index is 0.971. The lowest BCUT2D eigenvalue weighted by Crippen LogP contribution is -2.27. The van der Waals surface area contributed by atoms with E-state index in [1.165, 1.54) is 12.4 Å². The topological polar surface area (TPSA) is 140 Å². The molecule has 2 aromatic carbocycles. The fourth-order valence-electron chi connectivity index (χ4n) is 4.38. The minimum atomic E-state index is -0.850. The summed E-state index contributed by atoms with van der Waals surface area (Å²) in [4.78, 5) is 0. The molecular formula is C30H36N2O9. The number of aliphatic hydroxyl groups is 2. The number of para-hydroxylation sites is 2. The first-order valence-corrected chi connectivity index (χ1v) is 13.5. The molecule has 2 heterocycles. The maximum absolute atomic E-state index is 11.9. The second-order valence-corrected chi connectivity index (χ2v) is 9.25. The Morgan fingerprint density at radius 2 is 0.854 bits per heavy atom. The van der Waals surface area contributed by atoms with Crippen molar-refractivity contribution in [3.05, 3.63) is 94.6 Å². The highest BCUT2D eigenvalue weighted by molar-refractivity contribution is 5.80. The van der Waals surface area contributed by atoms with Crippen molar-refractivity contribution < 1.29 is 43.4 Å². The predicted octanol–water partition coefficient (Wildman–Crippen LogP) is 2.11. The molecule has 0 saturated heterocycles. The van der Waals surface area contributed by atoms with Crippen molar-refractivity contribution in [2.75, 3.05) is 66.1 Å². The van der Waals surface area contributed by atoms with Gasteiger partial charge in [0.25, 0.3) is 0 Å². The van der Waals surface area contributed by atoms with Crippen molar-refractivity contribution in [2.24, 2.45) is 0 Å². The Hall–Kier alpha value is -3.42. The highest BCUT2D eigenvalue weighted by Gasteiger charge is 2.16. The first kappa shape index (κ1) is 30.5. The number of hydrogen-bond donors (Lipinski definition) is 2. The zero-order chi connectivity index (χ0) is 28.9. The first-order valence-electron chi connectivity index (χ1n) is 13.5. The van der Waals surface area contributed by atoms with Crippen LogP contribution in [0.2, 0.25) is 0 Å². The Kier molecular flexibility index (Phi) is 12.0. The molecule has 11 heteroatoms. The van der Waals surface area contributed by atoms with E-state index in [9.17, 15) is 20.6 Å². The summed E-state index contributed by atoms with van der Waals surface area (Å²) >= 11 is 0. The summed E-state index contributed by atoms with van der Waals surface area (Å²) in [7, 11) is 0. The molecule has 0 amide bonds. The third-order valence-corrected chi connectivity index (χ3v) is 6.44. The molecule has 0 fully saturated rings. The molecule has 0 spiro atoms. The van der Waals surface area contributed by atoms with Gasteiger partial charge in [-0.1, -0.05) is 24.3 Å². The number of aromatic nitrogens is 2. The fourth-order valence-corrected chi connectivity index (χ4v) is 4.38. The van der Waals surface area contributed by atoms with Gasteiger partial charge in [-0.2, -0.15) is 9.46 Å². The van der Waals surface area contributed by atoms with Gasteiger partial charge in [-0.3, -0.25) is 0 Å². The van der Waals surface area contributed by atoms with Gasteiger partial charge < -0.3 is 44.3 Å². The van der Waals surface area contributed by atoms with E-state index in [1.807, 2.05) is 12.1 Å². The highest BCUT2D eigenvalue weighted by Crippen LogP contribution is 2.23. The second kappa shape index (κ2) is 16.1. The molecule has 4 rings (SSSR count). The smallest absolute Gasteiger partial charge is 0.224 e. The van der Waals surface area contributed by atoms with Crippen LogP contribution in [-0.2, 0) is 23.7 Å². The average Bonchev–Trinajstić information content (AvgIpc) is 2.99. The molecule has 0 aliphatic rings. The number of pyridine rings is 2. The first-order chi connectivity index (χ1) is 20.1. The van der Waals surface area contributed by atoms with E-state index in [0.717, 1.165) is 9.46 Å². The van der Waals surface area contributed by atoms with Crippen LogP contribution in [0.3, 0.4) is 0 Å². The number of ether oxygens (including phenoxy) is 5. The number of aliphatic hydroxyl groups excluding tert-OH is 2. The molecule has 0 aliphatic carbocycles. The zero-order valence-corrected chi connectivity index (χ0v) is 22.8. The van der Waals surface area contributed by atoms with Crippen LogP contribution in [0.1, 0.15) is 23.3 Å². The van der Waals surface area contributed by atoms with Crippen molar-refractivity contribution in [3.63, 3.8) is 0 Å². The van der Waals surface area contributed by atoms with Gasteiger partial charge >= 0.3 is 0 Å². The van der Waals surface area contributed by atoms with Crippen LogP contribution in [0, 0.1) is 10.4 Å². The van der Waals surface area contributed by atoms with Crippen LogP contribution in [0.4, 0.5) is 0 Å². The third kappa shape index (κ3) is 8.78. The van der Waals surface area contributed by atoms with Gasteiger partial charge in [0.05, 0.1) is 76.8 Å². The van der Waals surface area contributed by atoms with E-state index < -0.39 is 12.2 Å². The van der Waals surface area contributed by atoms with E-state index in [2.05, 4.69) is 0 Å². The van der Waals surface area contributed by atoms with Gasteiger partial charge in [0.1, 0.15) is 12.2 Å². The molecule has 0 radical (unpaired) electrons. The van der Waals surface area contributed by atoms with Gasteiger partial charge in [0.2, 0.25) is 11.0 Å². The van der Waals surface area contributed by atoms with E-state index in [1.54, 1.807) is 48.5 Å². The average molecular weight is 569 g/mol. The molecule has 0 aliphatic heterocycles. The quantitative estimate of drug-likeness (QED) is 0.105. The number of hydrogen-bond acceptors (Lipinski definition) is 9. The summed E-state index contributed by atoms with van der Waals surface area (Å²) < 4.78 is 29.0. The third-order valence-electron chi connectivity index (χ3n) is 6.44. The summed E-state index contributed by atoms with van der Waals surface area (Å²) in [6, 6.07) is 17.5. The lowest BCUT2D eigenvalue weighted by Gasteiger charge is -2.14. The summed E-state index contributed by atoms with van der Waals surface area (Å²) in [5.74, 6) is 0. The Bertz CT molecular complexity index is 1270. The van der Waals surface area contributed by atoms with Crippen molar-refractivity contribution >= 4 is 21.8 Å². The van der Waals surface area contributed by atoms with E-state index in [4.69, 9.17) is 23.7 Å².